The van der Waals surface area contributed by atoms with Crippen molar-refractivity contribution in [2.45, 2.75) is 25.4 Å². The maximum Gasteiger partial charge on any atom is 0.422 e. The molecule has 1 saturated heterocycles. The van der Waals surface area contributed by atoms with Crippen LogP contribution >= 0.6 is 0 Å². The minimum Gasteiger partial charge on any atom is -0.464 e. The normalized spacial score (nSPS) is 18.9. The largest absolute Gasteiger partial charge is 0.464 e. The molecule has 0 radical (unpaired) electrons. The van der Waals surface area contributed by atoms with E-state index in [1.807, 2.05) is 0 Å². The van der Waals surface area contributed by atoms with Crippen molar-refractivity contribution in [3.63, 3.8) is 0 Å². The third-order valence-corrected chi connectivity index (χ3v) is 2.22. The lowest BCUT2D eigenvalue weighted by Crippen LogP contribution is -2.51. The van der Waals surface area contributed by atoms with Gasteiger partial charge in [0.05, 0.1) is 0 Å². The fourth-order valence-corrected chi connectivity index (χ4v) is 1.58. The summed E-state index contributed by atoms with van der Waals surface area (Å²) in [6.07, 6.45) is -3.62. The predicted octanol–water partition coefficient (Wildman–Crippen LogP) is 1.93. The number of alkyl halides is 3. The first-order chi connectivity index (χ1) is 6.90. The van der Waals surface area contributed by atoms with E-state index in [9.17, 15) is 18.0 Å². The van der Waals surface area contributed by atoms with Crippen LogP contribution in [0.5, 0.6) is 0 Å². The van der Waals surface area contributed by atoms with Crippen LogP contribution in [0.3, 0.4) is 0 Å². The molecule has 0 atom stereocenters. The molecular formula is C8H13F3N2O2. The quantitative estimate of drug-likeness (QED) is 0.782. The Hall–Kier alpha value is -0.980. The summed E-state index contributed by atoms with van der Waals surface area (Å²) >= 11 is 0. The summed E-state index contributed by atoms with van der Waals surface area (Å²) < 4.78 is 36.3. The van der Waals surface area contributed by atoms with Crippen molar-refractivity contribution in [2.24, 2.45) is 0 Å². The molecule has 1 aliphatic rings. The number of rotatable bonds is 2. The maximum atomic E-state index is 12.1. The molecule has 0 saturated carbocycles. The van der Waals surface area contributed by atoms with E-state index in [-0.39, 0.29) is 0 Å². The van der Waals surface area contributed by atoms with Gasteiger partial charge in [-0.2, -0.15) is 13.2 Å². The Kier molecular flexibility index (Phi) is 3.78. The molecule has 0 spiro atoms. The van der Waals surface area contributed by atoms with Gasteiger partial charge in [0.1, 0.15) is 6.54 Å². The molecule has 7 heteroatoms. The van der Waals surface area contributed by atoms with Crippen molar-refractivity contribution in [2.75, 3.05) is 19.6 Å². The molecular weight excluding hydrogens is 213 g/mol. The van der Waals surface area contributed by atoms with Crippen LogP contribution in [0.2, 0.25) is 0 Å². The van der Waals surface area contributed by atoms with Gasteiger partial charge in [-0.05, 0) is 12.8 Å². The van der Waals surface area contributed by atoms with Crippen LogP contribution in [0, 0.1) is 0 Å². The highest BCUT2D eigenvalue weighted by Gasteiger charge is 2.36. The minimum atomic E-state index is -4.49. The van der Waals surface area contributed by atoms with Gasteiger partial charge in [-0.15, -0.1) is 0 Å². The van der Waals surface area contributed by atoms with Gasteiger partial charge in [0.15, 0.2) is 0 Å². The number of hydrogen-bond acceptors (Lipinski definition) is 2. The monoisotopic (exact) mass is 226 g/mol. The first kappa shape index (κ1) is 12.1. The van der Waals surface area contributed by atoms with Gasteiger partial charge >= 0.3 is 12.3 Å². The summed E-state index contributed by atoms with van der Waals surface area (Å²) in [7, 11) is 0. The fourth-order valence-electron chi connectivity index (χ4n) is 1.58. The van der Waals surface area contributed by atoms with E-state index >= 15 is 0 Å². The molecule has 4 nitrogen and oxygen atoms in total. The third kappa shape index (κ3) is 3.94. The molecule has 0 unspecified atom stereocenters. The average Bonchev–Trinajstić information content (AvgIpc) is 2.14. The Morgan fingerprint density at radius 3 is 2.20 bits per heavy atom. The Labute approximate surface area is 85.2 Å². The van der Waals surface area contributed by atoms with E-state index in [1.54, 1.807) is 0 Å². The number of carboxylic acid groups (broad SMARTS) is 1. The zero-order valence-corrected chi connectivity index (χ0v) is 8.13. The molecule has 1 rings (SSSR count). The molecule has 1 N–H and O–H groups in total. The van der Waals surface area contributed by atoms with Gasteiger partial charge in [-0.1, -0.05) is 6.42 Å². The third-order valence-electron chi connectivity index (χ3n) is 2.22. The number of piperidine rings is 1. The summed E-state index contributed by atoms with van der Waals surface area (Å²) in [6.45, 7) is -0.674. The Bertz CT molecular complexity index is 226. The number of amides is 1. The lowest BCUT2D eigenvalue weighted by Gasteiger charge is -2.35. The molecule has 1 amide bonds. The highest BCUT2D eigenvalue weighted by atomic mass is 19.4. The minimum absolute atomic E-state index is 0.360. The summed E-state index contributed by atoms with van der Waals surface area (Å²) in [4.78, 5) is 10.7. The second kappa shape index (κ2) is 4.69. The van der Waals surface area contributed by atoms with E-state index in [2.05, 4.69) is 0 Å². The molecule has 1 heterocycles. The molecule has 0 aromatic rings. The van der Waals surface area contributed by atoms with Gasteiger partial charge in [0.25, 0.3) is 0 Å². The zero-order valence-electron chi connectivity index (χ0n) is 8.13. The summed E-state index contributed by atoms with van der Waals surface area (Å²) in [6, 6.07) is 0. The predicted molar refractivity (Wildman–Crippen MR) is 46.2 cm³/mol. The molecule has 0 aromatic carbocycles. The van der Waals surface area contributed by atoms with Crippen LogP contribution in [0.15, 0.2) is 0 Å². The molecule has 0 aromatic heterocycles. The van der Waals surface area contributed by atoms with E-state index in [4.69, 9.17) is 5.11 Å². The second-order valence-electron chi connectivity index (χ2n) is 3.47. The number of hydrogen-bond donors (Lipinski definition) is 1. The molecule has 15 heavy (non-hydrogen) atoms. The number of nitrogens with zero attached hydrogens (tertiary/aromatic N) is 2. The summed E-state index contributed by atoms with van der Waals surface area (Å²) in [5.74, 6) is 0. The van der Waals surface area contributed by atoms with E-state index in [0.717, 1.165) is 19.3 Å². The highest BCUT2D eigenvalue weighted by molar-refractivity contribution is 5.64. The highest BCUT2D eigenvalue weighted by Crippen LogP contribution is 2.20. The molecule has 88 valence electrons. The molecule has 1 aliphatic heterocycles. The SMILES string of the molecule is O=C(O)N(CC(F)(F)F)N1CCCCC1. The summed E-state index contributed by atoms with van der Waals surface area (Å²) in [5.41, 5.74) is 0. The standard InChI is InChI=1S/C8H13F3N2O2/c9-8(10,11)6-13(7(14)15)12-4-2-1-3-5-12/h1-6H2,(H,14,15). The molecule has 0 bridgehead atoms. The first-order valence-corrected chi connectivity index (χ1v) is 4.72. The average molecular weight is 226 g/mol. The van der Waals surface area contributed by atoms with E-state index in [0.29, 0.717) is 18.1 Å². The van der Waals surface area contributed by atoms with Gasteiger partial charge in [-0.3, -0.25) is 0 Å². The Balaban J connectivity index is 2.60. The maximum absolute atomic E-state index is 12.1. The van der Waals surface area contributed by atoms with Crippen molar-refractivity contribution in [1.82, 2.24) is 10.0 Å². The second-order valence-corrected chi connectivity index (χ2v) is 3.47. The lowest BCUT2D eigenvalue weighted by molar-refractivity contribution is -0.173. The molecule has 1 fully saturated rings. The van der Waals surface area contributed by atoms with Crippen LogP contribution in [-0.4, -0.2) is 47.0 Å². The number of hydrazine groups is 1. The van der Waals surface area contributed by atoms with Crippen molar-refractivity contribution in [1.29, 1.82) is 0 Å². The summed E-state index contributed by atoms with van der Waals surface area (Å²) in [5, 5.41) is 10.3. The van der Waals surface area contributed by atoms with Crippen LogP contribution in [-0.2, 0) is 0 Å². The van der Waals surface area contributed by atoms with E-state index < -0.39 is 18.8 Å². The van der Waals surface area contributed by atoms with Gasteiger partial charge in [-0.25, -0.2) is 14.8 Å². The fraction of sp³-hybridized carbons (Fsp3) is 0.875. The van der Waals surface area contributed by atoms with Gasteiger partial charge < -0.3 is 5.11 Å². The number of carbonyl (C=O) groups is 1. The van der Waals surface area contributed by atoms with Crippen molar-refractivity contribution in [3.05, 3.63) is 0 Å². The zero-order chi connectivity index (χ0) is 11.5. The number of halogens is 3. The van der Waals surface area contributed by atoms with Crippen LogP contribution in [0.4, 0.5) is 18.0 Å². The van der Waals surface area contributed by atoms with Gasteiger partial charge in [0, 0.05) is 13.1 Å². The lowest BCUT2D eigenvalue weighted by atomic mass is 10.2. The van der Waals surface area contributed by atoms with Crippen LogP contribution in [0.25, 0.3) is 0 Å². The van der Waals surface area contributed by atoms with Crippen LogP contribution < -0.4 is 0 Å². The van der Waals surface area contributed by atoms with Crippen molar-refractivity contribution in [3.8, 4) is 0 Å². The first-order valence-electron chi connectivity index (χ1n) is 4.72. The molecule has 0 aliphatic carbocycles. The van der Waals surface area contributed by atoms with Crippen molar-refractivity contribution >= 4 is 6.09 Å². The smallest absolute Gasteiger partial charge is 0.422 e. The Morgan fingerprint density at radius 2 is 1.80 bits per heavy atom. The van der Waals surface area contributed by atoms with Gasteiger partial charge in [0.2, 0.25) is 0 Å². The Morgan fingerprint density at radius 1 is 1.27 bits per heavy atom. The van der Waals surface area contributed by atoms with Crippen molar-refractivity contribution < 1.29 is 23.1 Å². The van der Waals surface area contributed by atoms with E-state index in [1.165, 1.54) is 5.01 Å². The van der Waals surface area contributed by atoms with Crippen LogP contribution in [0.1, 0.15) is 19.3 Å². The topological polar surface area (TPSA) is 43.8 Å².